The van der Waals surface area contributed by atoms with Crippen LogP contribution in [0.3, 0.4) is 0 Å². The molecule has 0 radical (unpaired) electrons. The molecule has 0 bridgehead atoms. The maximum Gasteiger partial charge on any atom is 0.239 e. The van der Waals surface area contributed by atoms with Gasteiger partial charge in [-0.1, -0.05) is 23.8 Å². The third-order valence-electron chi connectivity index (χ3n) is 3.45. The molecular formula is C14H16F2N3O2S-. The van der Waals surface area contributed by atoms with Crippen LogP contribution in [0.4, 0.5) is 8.78 Å². The maximum absolute atomic E-state index is 14.5. The van der Waals surface area contributed by atoms with Crippen molar-refractivity contribution in [1.82, 2.24) is 14.8 Å². The number of aromatic nitrogens is 3. The average molecular weight is 328 g/mol. The molecule has 1 atom stereocenters. The SMILES string of the molecule is C=[S-](=O)C(F)(F)C(O)(Cn1cncn1)c1ccc(C)cc1C. The van der Waals surface area contributed by atoms with Gasteiger partial charge >= 0.3 is 0 Å². The highest BCUT2D eigenvalue weighted by Gasteiger charge is 2.50. The normalized spacial score (nSPS) is 15.0. The molecule has 0 aliphatic heterocycles. The molecule has 0 saturated carbocycles. The summed E-state index contributed by atoms with van der Waals surface area (Å²) >= 11 is 0. The summed E-state index contributed by atoms with van der Waals surface area (Å²) < 4.78 is 41.5. The lowest BCUT2D eigenvalue weighted by molar-refractivity contribution is -0.140. The summed E-state index contributed by atoms with van der Waals surface area (Å²) in [5, 5.41) is 10.5. The lowest BCUT2D eigenvalue weighted by atomic mass is 9.89. The summed E-state index contributed by atoms with van der Waals surface area (Å²) in [6.07, 6.45) is 2.37. The van der Waals surface area contributed by atoms with Gasteiger partial charge in [0, 0.05) is 0 Å². The minimum atomic E-state index is -3.96. The van der Waals surface area contributed by atoms with Gasteiger partial charge in [0.05, 0.1) is 6.54 Å². The van der Waals surface area contributed by atoms with Crippen molar-refractivity contribution in [2.24, 2.45) is 0 Å². The minimum absolute atomic E-state index is 0.0180. The van der Waals surface area contributed by atoms with E-state index in [0.717, 1.165) is 10.2 Å². The first-order valence-corrected chi connectivity index (χ1v) is 7.72. The fraction of sp³-hybridized carbons (Fsp3) is 0.357. The molecule has 1 N–H and O–H groups in total. The van der Waals surface area contributed by atoms with E-state index in [9.17, 15) is 18.1 Å². The third-order valence-corrected chi connectivity index (χ3v) is 4.36. The summed E-state index contributed by atoms with van der Waals surface area (Å²) in [6.45, 7) is 2.83. The zero-order valence-electron chi connectivity index (χ0n) is 12.2. The first-order chi connectivity index (χ1) is 10.2. The Hall–Kier alpha value is -1.80. The van der Waals surface area contributed by atoms with Crippen LogP contribution in [0.5, 0.6) is 0 Å². The van der Waals surface area contributed by atoms with Gasteiger partial charge in [0.1, 0.15) is 12.7 Å². The Kier molecular flexibility index (Phi) is 4.35. The Morgan fingerprint density at radius 3 is 2.59 bits per heavy atom. The van der Waals surface area contributed by atoms with Crippen LogP contribution in [0.1, 0.15) is 16.7 Å². The molecule has 0 aliphatic rings. The molecule has 1 unspecified atom stereocenters. The van der Waals surface area contributed by atoms with E-state index >= 15 is 0 Å². The van der Waals surface area contributed by atoms with Gasteiger partial charge in [0.25, 0.3) is 0 Å². The zero-order chi connectivity index (χ0) is 16.5. The first kappa shape index (κ1) is 16.6. The monoisotopic (exact) mass is 328 g/mol. The Bertz CT molecular complexity index is 737. The third kappa shape index (κ3) is 2.76. The fourth-order valence-corrected chi connectivity index (χ4v) is 2.90. The molecule has 5 nitrogen and oxygen atoms in total. The summed E-state index contributed by atoms with van der Waals surface area (Å²) in [7, 11) is -2.82. The number of hydrogen-bond acceptors (Lipinski definition) is 5. The number of nitrogens with zero attached hydrogens (tertiary/aromatic N) is 3. The molecule has 1 aromatic carbocycles. The van der Waals surface area contributed by atoms with Crippen molar-refractivity contribution in [3.05, 3.63) is 47.5 Å². The van der Waals surface area contributed by atoms with Gasteiger partial charge in [-0.05, 0) is 25.0 Å². The molecule has 0 spiro atoms. The summed E-state index contributed by atoms with van der Waals surface area (Å²) in [4.78, 5) is 3.67. The lowest BCUT2D eigenvalue weighted by Crippen LogP contribution is -2.50. The molecule has 0 amide bonds. The Labute approximate surface area is 128 Å². The van der Waals surface area contributed by atoms with Gasteiger partial charge in [-0.15, -0.1) is 0 Å². The van der Waals surface area contributed by atoms with Crippen molar-refractivity contribution < 1.29 is 18.1 Å². The van der Waals surface area contributed by atoms with Crippen LogP contribution in [0.25, 0.3) is 0 Å². The van der Waals surface area contributed by atoms with Crippen LogP contribution < -0.4 is 0 Å². The number of benzene rings is 1. The molecule has 0 fully saturated rings. The topological polar surface area (TPSA) is 68.0 Å². The van der Waals surface area contributed by atoms with Crippen LogP contribution in [-0.4, -0.2) is 31.0 Å². The average Bonchev–Trinajstić information content (AvgIpc) is 2.90. The van der Waals surface area contributed by atoms with E-state index in [0.29, 0.717) is 5.56 Å². The van der Waals surface area contributed by atoms with Crippen molar-refractivity contribution in [3.63, 3.8) is 0 Å². The lowest BCUT2D eigenvalue weighted by Gasteiger charge is -2.40. The van der Waals surface area contributed by atoms with Crippen LogP contribution >= 0.6 is 0 Å². The second-order valence-electron chi connectivity index (χ2n) is 5.13. The molecule has 1 aromatic heterocycles. The van der Waals surface area contributed by atoms with E-state index in [-0.39, 0.29) is 5.56 Å². The first-order valence-electron chi connectivity index (χ1n) is 6.40. The molecule has 0 saturated heterocycles. The highest BCUT2D eigenvalue weighted by molar-refractivity contribution is 7.83. The number of rotatable bonds is 5. The summed E-state index contributed by atoms with van der Waals surface area (Å²) in [5.41, 5.74) is -1.41. The van der Waals surface area contributed by atoms with Gasteiger partial charge in [-0.2, -0.15) is 11.0 Å². The molecule has 0 aliphatic carbocycles. The summed E-state index contributed by atoms with van der Waals surface area (Å²) in [5.74, 6) is 2.90. The molecule has 8 heteroatoms. The van der Waals surface area contributed by atoms with Crippen molar-refractivity contribution >= 4 is 16.3 Å². The van der Waals surface area contributed by atoms with Gasteiger partial charge in [0.2, 0.25) is 5.25 Å². The highest BCUT2D eigenvalue weighted by Crippen LogP contribution is 2.41. The maximum atomic E-state index is 14.5. The highest BCUT2D eigenvalue weighted by atomic mass is 32.2. The van der Waals surface area contributed by atoms with Gasteiger partial charge in [0.15, 0.2) is 5.60 Å². The van der Waals surface area contributed by atoms with Crippen molar-refractivity contribution in [1.29, 1.82) is 0 Å². The van der Waals surface area contributed by atoms with Crippen molar-refractivity contribution in [2.45, 2.75) is 31.2 Å². The second kappa shape index (κ2) is 5.77. The second-order valence-corrected chi connectivity index (χ2v) is 6.34. The number of hydrogen-bond donors (Lipinski definition) is 1. The molecule has 22 heavy (non-hydrogen) atoms. The molecule has 1 heterocycles. The van der Waals surface area contributed by atoms with Crippen molar-refractivity contribution in [3.8, 4) is 0 Å². The van der Waals surface area contributed by atoms with E-state index in [1.165, 1.54) is 18.7 Å². The Morgan fingerprint density at radius 2 is 2.09 bits per heavy atom. The van der Waals surface area contributed by atoms with Crippen LogP contribution in [-0.2, 0) is 26.7 Å². The molecule has 2 aromatic rings. The Balaban J connectivity index is 2.64. The van der Waals surface area contributed by atoms with Crippen LogP contribution in [0.2, 0.25) is 0 Å². The predicted molar refractivity (Wildman–Crippen MR) is 80.0 cm³/mol. The quantitative estimate of drug-likeness (QED) is 0.671. The van der Waals surface area contributed by atoms with Gasteiger partial charge in [-0.3, -0.25) is 0 Å². The van der Waals surface area contributed by atoms with Gasteiger partial charge < -0.3 is 9.32 Å². The number of aliphatic hydroxyl groups is 1. The van der Waals surface area contributed by atoms with Crippen molar-refractivity contribution in [2.75, 3.05) is 0 Å². The standard InChI is InChI=1S/C14H16F2N3O2S/c1-10-4-5-12(11(2)6-10)13(20,14(15,16)22(3)21)7-19-9-17-8-18-19/h4-6,8-9,20H,3,7H2,1-2H3/q-1. The fourth-order valence-electron chi connectivity index (χ4n) is 2.35. The minimum Gasteiger partial charge on any atom is -0.456 e. The number of alkyl halides is 2. The smallest absolute Gasteiger partial charge is 0.239 e. The molecule has 2 rings (SSSR count). The van der Waals surface area contributed by atoms with E-state index < -0.39 is 27.8 Å². The van der Waals surface area contributed by atoms with Crippen LogP contribution in [0.15, 0.2) is 30.9 Å². The van der Waals surface area contributed by atoms with Gasteiger partial charge in [-0.25, -0.2) is 28.8 Å². The number of aryl methyl sites for hydroxylation is 2. The largest absolute Gasteiger partial charge is 0.456 e. The van der Waals surface area contributed by atoms with Crippen LogP contribution in [0, 0.1) is 13.8 Å². The Morgan fingerprint density at radius 1 is 1.41 bits per heavy atom. The zero-order valence-corrected chi connectivity index (χ0v) is 13.0. The molecule has 120 valence electrons. The van der Waals surface area contributed by atoms with E-state index in [1.54, 1.807) is 19.1 Å². The van der Waals surface area contributed by atoms with E-state index in [2.05, 4.69) is 16.0 Å². The molecular weight excluding hydrogens is 312 g/mol. The summed E-state index contributed by atoms with van der Waals surface area (Å²) in [6, 6.07) is 4.68. The van der Waals surface area contributed by atoms with E-state index in [4.69, 9.17) is 0 Å². The number of halogens is 2. The predicted octanol–water partition coefficient (Wildman–Crippen LogP) is 1.77. The van der Waals surface area contributed by atoms with E-state index in [1.807, 2.05) is 6.92 Å².